The monoisotopic (exact) mass is 170 g/mol. The van der Waals surface area contributed by atoms with Crippen molar-refractivity contribution in [1.82, 2.24) is 0 Å². The van der Waals surface area contributed by atoms with Crippen LogP contribution in [-0.4, -0.2) is 22.6 Å². The van der Waals surface area contributed by atoms with Crippen molar-refractivity contribution < 1.29 is 18.7 Å². The Morgan fingerprint density at radius 1 is 1.70 bits per heavy atom. The van der Waals surface area contributed by atoms with Crippen LogP contribution in [0.1, 0.15) is 6.92 Å². The average Bonchev–Trinajstić information content (AvgIpc) is 1.82. The molecule has 60 valence electrons. The van der Waals surface area contributed by atoms with Crippen LogP contribution in [0.3, 0.4) is 0 Å². The largest absolute Gasteiger partial charge is 0.481 e. The summed E-state index contributed by atoms with van der Waals surface area (Å²) in [6, 6.07) is 0. The van der Waals surface area contributed by atoms with Gasteiger partial charge in [0.1, 0.15) is 0 Å². The topological polar surface area (TPSA) is 37.3 Å². The predicted octanol–water partition coefficient (Wildman–Crippen LogP) is 1.66. The first-order valence-electron chi connectivity index (χ1n) is 2.66. The van der Waals surface area contributed by atoms with Crippen molar-refractivity contribution in [2.45, 2.75) is 12.7 Å². The summed E-state index contributed by atoms with van der Waals surface area (Å²) in [4.78, 5) is 10.1. The van der Waals surface area contributed by atoms with Crippen molar-refractivity contribution in [2.24, 2.45) is 5.92 Å². The van der Waals surface area contributed by atoms with Crippen molar-refractivity contribution in [3.63, 3.8) is 0 Å². The first-order chi connectivity index (χ1) is 4.54. The Bertz CT molecular complexity index is 118. The quantitative estimate of drug-likeness (QED) is 0.697. The molecule has 0 aromatic carbocycles. The van der Waals surface area contributed by atoms with Gasteiger partial charge in [-0.05, 0) is 0 Å². The molecule has 2 nitrogen and oxygen atoms in total. The fourth-order valence-electron chi connectivity index (χ4n) is 0.288. The van der Waals surface area contributed by atoms with Crippen molar-refractivity contribution in [2.75, 3.05) is 5.75 Å². The van der Waals surface area contributed by atoms with E-state index >= 15 is 0 Å². The number of halogens is 2. The Morgan fingerprint density at radius 2 is 2.20 bits per heavy atom. The van der Waals surface area contributed by atoms with E-state index in [4.69, 9.17) is 5.11 Å². The minimum atomic E-state index is -2.47. The van der Waals surface area contributed by atoms with Crippen LogP contribution >= 0.6 is 11.8 Å². The van der Waals surface area contributed by atoms with Crippen molar-refractivity contribution >= 4 is 17.7 Å². The molecule has 0 unspecified atom stereocenters. The predicted molar refractivity (Wildman–Crippen MR) is 35.3 cm³/mol. The van der Waals surface area contributed by atoms with E-state index in [9.17, 15) is 13.6 Å². The van der Waals surface area contributed by atoms with E-state index in [-0.39, 0.29) is 5.75 Å². The van der Waals surface area contributed by atoms with Crippen LogP contribution < -0.4 is 0 Å². The molecule has 5 heteroatoms. The number of carboxylic acids is 1. The first kappa shape index (κ1) is 9.68. The Kier molecular flexibility index (Phi) is 4.34. The molecular formula is C5H8F2O2S. The second-order valence-electron chi connectivity index (χ2n) is 1.83. The van der Waals surface area contributed by atoms with E-state index in [1.54, 1.807) is 0 Å². The van der Waals surface area contributed by atoms with E-state index in [1.165, 1.54) is 6.92 Å². The molecular weight excluding hydrogens is 162 g/mol. The summed E-state index contributed by atoms with van der Waals surface area (Å²) in [5, 5.41) is 8.24. The van der Waals surface area contributed by atoms with Crippen molar-refractivity contribution in [1.29, 1.82) is 0 Å². The van der Waals surface area contributed by atoms with Crippen LogP contribution in [0.5, 0.6) is 0 Å². The highest BCUT2D eigenvalue weighted by atomic mass is 32.2. The maximum Gasteiger partial charge on any atom is 0.307 e. The summed E-state index contributed by atoms with van der Waals surface area (Å²) in [6.07, 6.45) is 0. The van der Waals surface area contributed by atoms with Gasteiger partial charge in [0.2, 0.25) is 0 Å². The van der Waals surface area contributed by atoms with E-state index in [1.807, 2.05) is 0 Å². The summed E-state index contributed by atoms with van der Waals surface area (Å²) in [5.74, 6) is -4.23. The molecule has 0 rings (SSSR count). The molecule has 0 amide bonds. The lowest BCUT2D eigenvalue weighted by Gasteiger charge is -2.03. The molecule has 0 heterocycles. The second kappa shape index (κ2) is 4.49. The van der Waals surface area contributed by atoms with Gasteiger partial charge in [0.25, 0.3) is 5.76 Å². The Hall–Kier alpha value is -0.320. The highest BCUT2D eigenvalue weighted by Gasteiger charge is 2.13. The van der Waals surface area contributed by atoms with Crippen LogP contribution in [0.2, 0.25) is 0 Å². The lowest BCUT2D eigenvalue weighted by molar-refractivity contribution is -0.140. The second-order valence-corrected chi connectivity index (χ2v) is 2.86. The van der Waals surface area contributed by atoms with Gasteiger partial charge in [0.15, 0.2) is 0 Å². The Morgan fingerprint density at radius 3 is 2.50 bits per heavy atom. The minimum Gasteiger partial charge on any atom is -0.481 e. The molecule has 0 spiro atoms. The fourth-order valence-corrected chi connectivity index (χ4v) is 0.865. The number of rotatable bonds is 4. The number of thioether (sulfide) groups is 1. The van der Waals surface area contributed by atoms with Gasteiger partial charge in [-0.25, -0.2) is 0 Å². The molecule has 0 radical (unpaired) electrons. The standard InChI is InChI=1S/C5H8F2O2S/c1-3(4(8)9)2-10-5(6)7/h3,5H,2H2,1H3,(H,8,9)/t3-/m0/s1. The van der Waals surface area contributed by atoms with Gasteiger partial charge >= 0.3 is 5.97 Å². The van der Waals surface area contributed by atoms with Gasteiger partial charge < -0.3 is 5.11 Å². The van der Waals surface area contributed by atoms with Crippen molar-refractivity contribution in [3.8, 4) is 0 Å². The highest BCUT2D eigenvalue weighted by Crippen LogP contribution is 2.16. The number of hydrogen-bond acceptors (Lipinski definition) is 2. The third-order valence-electron chi connectivity index (χ3n) is 0.894. The Labute approximate surface area is 61.6 Å². The molecule has 10 heavy (non-hydrogen) atoms. The van der Waals surface area contributed by atoms with Gasteiger partial charge in [0.05, 0.1) is 5.92 Å². The van der Waals surface area contributed by atoms with E-state index in [0.717, 1.165) is 0 Å². The van der Waals surface area contributed by atoms with Gasteiger partial charge in [-0.3, -0.25) is 4.79 Å². The number of carbonyl (C=O) groups is 1. The lowest BCUT2D eigenvalue weighted by atomic mass is 10.2. The maximum atomic E-state index is 11.4. The third-order valence-corrected chi connectivity index (χ3v) is 1.84. The molecule has 0 aliphatic carbocycles. The molecule has 0 saturated carbocycles. The average molecular weight is 170 g/mol. The van der Waals surface area contributed by atoms with Crippen LogP contribution in [-0.2, 0) is 4.79 Å². The smallest absolute Gasteiger partial charge is 0.307 e. The molecule has 0 fully saturated rings. The number of hydrogen-bond donors (Lipinski definition) is 1. The molecule has 0 aromatic rings. The molecule has 1 atom stereocenters. The molecule has 0 aromatic heterocycles. The van der Waals surface area contributed by atoms with Crippen LogP contribution in [0.15, 0.2) is 0 Å². The highest BCUT2D eigenvalue weighted by molar-refractivity contribution is 7.99. The van der Waals surface area contributed by atoms with Crippen LogP contribution in [0.25, 0.3) is 0 Å². The van der Waals surface area contributed by atoms with Crippen molar-refractivity contribution in [3.05, 3.63) is 0 Å². The lowest BCUT2D eigenvalue weighted by Crippen LogP contribution is -2.12. The molecule has 0 bridgehead atoms. The zero-order valence-corrected chi connectivity index (χ0v) is 6.20. The molecule has 0 saturated heterocycles. The first-order valence-corrected chi connectivity index (χ1v) is 3.71. The number of alkyl halides is 2. The van der Waals surface area contributed by atoms with Gasteiger partial charge in [0, 0.05) is 5.75 Å². The maximum absolute atomic E-state index is 11.4. The van der Waals surface area contributed by atoms with Crippen LogP contribution in [0, 0.1) is 5.92 Å². The summed E-state index contributed by atoms with van der Waals surface area (Å²) < 4.78 is 22.9. The summed E-state index contributed by atoms with van der Waals surface area (Å²) in [6.45, 7) is 1.40. The third kappa shape index (κ3) is 4.55. The van der Waals surface area contributed by atoms with E-state index in [0.29, 0.717) is 11.8 Å². The zero-order chi connectivity index (χ0) is 8.15. The summed E-state index contributed by atoms with van der Waals surface area (Å²) >= 11 is 0.354. The van der Waals surface area contributed by atoms with Gasteiger partial charge in [-0.2, -0.15) is 8.78 Å². The van der Waals surface area contributed by atoms with Crippen LogP contribution in [0.4, 0.5) is 8.78 Å². The summed E-state index contributed by atoms with van der Waals surface area (Å²) in [7, 11) is 0. The van der Waals surface area contributed by atoms with E-state index in [2.05, 4.69) is 0 Å². The van der Waals surface area contributed by atoms with E-state index < -0.39 is 17.6 Å². The normalized spacial score (nSPS) is 13.6. The molecule has 0 aliphatic rings. The summed E-state index contributed by atoms with van der Waals surface area (Å²) in [5.41, 5.74) is 0. The fraction of sp³-hybridized carbons (Fsp3) is 0.800. The minimum absolute atomic E-state index is 0.0347. The molecule has 1 N–H and O–H groups in total. The SMILES string of the molecule is C[C@@H](CSC(F)F)C(=O)O. The van der Waals surface area contributed by atoms with Gasteiger partial charge in [-0.15, -0.1) is 0 Å². The molecule has 0 aliphatic heterocycles. The number of aliphatic carboxylic acids is 1. The van der Waals surface area contributed by atoms with Gasteiger partial charge in [-0.1, -0.05) is 18.7 Å². The number of carboxylic acid groups (broad SMARTS) is 1. The Balaban J connectivity index is 3.40. The zero-order valence-electron chi connectivity index (χ0n) is 5.38.